The normalized spacial score (nSPS) is 11.5. The van der Waals surface area contributed by atoms with Gasteiger partial charge in [0.1, 0.15) is 23.4 Å². The standard InChI is InChI=1S/C24H22N8O2/c1-24(2,3)34-23(33)27-19-13-17(11-12-25-19)18-14-31(30-22(18)16-7-5-4-6-8-16)21-10-9-20-28-26-15-32(20)29-21/h4-15H,1-3H3,(H,25,27,33). The van der Waals surface area contributed by atoms with Crippen LogP contribution in [0.5, 0.6) is 0 Å². The first kappa shape index (κ1) is 21.3. The largest absolute Gasteiger partial charge is 0.444 e. The lowest BCUT2D eigenvalue weighted by molar-refractivity contribution is 0.0635. The van der Waals surface area contributed by atoms with Gasteiger partial charge in [-0.15, -0.1) is 15.3 Å². The van der Waals surface area contributed by atoms with Crippen LogP contribution in [0.2, 0.25) is 0 Å². The van der Waals surface area contributed by atoms with E-state index >= 15 is 0 Å². The second-order valence-corrected chi connectivity index (χ2v) is 8.58. The molecule has 34 heavy (non-hydrogen) atoms. The average molecular weight is 454 g/mol. The van der Waals surface area contributed by atoms with Crippen LogP contribution in [0.25, 0.3) is 33.8 Å². The van der Waals surface area contributed by atoms with E-state index < -0.39 is 11.7 Å². The molecule has 1 aromatic carbocycles. The Morgan fingerprint density at radius 3 is 2.62 bits per heavy atom. The van der Waals surface area contributed by atoms with Crippen molar-refractivity contribution in [2.75, 3.05) is 5.32 Å². The Hall–Kier alpha value is -4.60. The molecule has 4 heterocycles. The number of hydrogen-bond acceptors (Lipinski definition) is 7. The maximum absolute atomic E-state index is 12.2. The number of ether oxygens (including phenoxy) is 1. The summed E-state index contributed by atoms with van der Waals surface area (Å²) in [6.45, 7) is 5.42. The lowest BCUT2D eigenvalue weighted by atomic mass is 10.0. The van der Waals surface area contributed by atoms with Crippen LogP contribution in [0.3, 0.4) is 0 Å². The summed E-state index contributed by atoms with van der Waals surface area (Å²) in [5.74, 6) is 0.986. The van der Waals surface area contributed by atoms with E-state index in [2.05, 4.69) is 25.6 Å². The lowest BCUT2D eigenvalue weighted by Gasteiger charge is -2.19. The van der Waals surface area contributed by atoms with Crippen LogP contribution in [0, 0.1) is 0 Å². The Kier molecular flexibility index (Phi) is 5.25. The highest BCUT2D eigenvalue weighted by molar-refractivity contribution is 5.86. The number of amides is 1. The Bertz CT molecular complexity index is 1470. The summed E-state index contributed by atoms with van der Waals surface area (Å²) in [6.07, 6.45) is 4.50. The van der Waals surface area contributed by atoms with Crippen LogP contribution in [-0.4, -0.2) is 46.3 Å². The minimum atomic E-state index is -0.609. The number of pyridine rings is 1. The third kappa shape index (κ3) is 4.46. The molecule has 1 amide bonds. The summed E-state index contributed by atoms with van der Waals surface area (Å²) in [7, 11) is 0. The molecular weight excluding hydrogens is 432 g/mol. The molecule has 0 radical (unpaired) electrons. The molecule has 170 valence electrons. The lowest BCUT2D eigenvalue weighted by Crippen LogP contribution is -2.27. The first-order valence-corrected chi connectivity index (χ1v) is 10.6. The maximum atomic E-state index is 12.2. The number of rotatable bonds is 4. The number of aromatic nitrogens is 7. The molecule has 0 aliphatic heterocycles. The third-order valence-corrected chi connectivity index (χ3v) is 4.84. The van der Waals surface area contributed by atoms with Crippen LogP contribution in [0.1, 0.15) is 20.8 Å². The number of hydrogen-bond donors (Lipinski definition) is 1. The minimum Gasteiger partial charge on any atom is -0.444 e. The number of nitrogens with zero attached hydrogens (tertiary/aromatic N) is 7. The monoisotopic (exact) mass is 454 g/mol. The molecule has 5 aromatic rings. The van der Waals surface area contributed by atoms with Crippen molar-refractivity contribution in [1.82, 2.24) is 34.6 Å². The van der Waals surface area contributed by atoms with Gasteiger partial charge in [-0.05, 0) is 50.6 Å². The molecule has 0 fully saturated rings. The second kappa shape index (κ2) is 8.39. The van der Waals surface area contributed by atoms with E-state index in [0.29, 0.717) is 17.3 Å². The summed E-state index contributed by atoms with van der Waals surface area (Å²) >= 11 is 0. The number of nitrogens with one attached hydrogen (secondary N) is 1. The van der Waals surface area contributed by atoms with Gasteiger partial charge in [-0.2, -0.15) is 9.61 Å². The Labute approximate surface area is 195 Å². The first-order chi connectivity index (χ1) is 16.4. The fourth-order valence-corrected chi connectivity index (χ4v) is 3.43. The van der Waals surface area contributed by atoms with Crippen molar-refractivity contribution < 1.29 is 9.53 Å². The molecule has 0 saturated carbocycles. The van der Waals surface area contributed by atoms with Gasteiger partial charge in [0, 0.05) is 23.5 Å². The van der Waals surface area contributed by atoms with Gasteiger partial charge in [-0.1, -0.05) is 30.3 Å². The van der Waals surface area contributed by atoms with Gasteiger partial charge < -0.3 is 4.74 Å². The van der Waals surface area contributed by atoms with Gasteiger partial charge in [-0.3, -0.25) is 5.32 Å². The molecule has 0 aliphatic rings. The molecule has 0 unspecified atom stereocenters. The highest BCUT2D eigenvalue weighted by Gasteiger charge is 2.18. The Morgan fingerprint density at radius 1 is 1.00 bits per heavy atom. The van der Waals surface area contributed by atoms with E-state index in [9.17, 15) is 4.79 Å². The summed E-state index contributed by atoms with van der Waals surface area (Å²) in [5.41, 5.74) is 3.43. The minimum absolute atomic E-state index is 0.377. The predicted molar refractivity (Wildman–Crippen MR) is 126 cm³/mol. The van der Waals surface area contributed by atoms with Crippen LogP contribution in [0.15, 0.2) is 73.3 Å². The van der Waals surface area contributed by atoms with Crippen molar-refractivity contribution in [2.24, 2.45) is 0 Å². The van der Waals surface area contributed by atoms with E-state index in [-0.39, 0.29) is 0 Å². The molecular formula is C24H22N8O2. The molecule has 0 aliphatic carbocycles. The molecule has 4 aromatic heterocycles. The predicted octanol–water partition coefficient (Wildman–Crippen LogP) is 4.39. The number of carbonyl (C=O) groups excluding carboxylic acids is 1. The molecule has 0 saturated heterocycles. The number of fused-ring (bicyclic) bond motifs is 1. The molecule has 5 rings (SSSR count). The molecule has 0 atom stereocenters. The van der Waals surface area contributed by atoms with Crippen molar-refractivity contribution in [2.45, 2.75) is 26.4 Å². The summed E-state index contributed by atoms with van der Waals surface area (Å²) in [4.78, 5) is 16.5. The summed E-state index contributed by atoms with van der Waals surface area (Å²) in [5, 5.41) is 19.9. The van der Waals surface area contributed by atoms with E-state index in [1.54, 1.807) is 27.8 Å². The van der Waals surface area contributed by atoms with Gasteiger partial charge in [0.05, 0.1) is 0 Å². The summed E-state index contributed by atoms with van der Waals surface area (Å²) < 4.78 is 8.64. The van der Waals surface area contributed by atoms with Crippen molar-refractivity contribution in [3.8, 4) is 28.2 Å². The zero-order valence-electron chi connectivity index (χ0n) is 18.9. The van der Waals surface area contributed by atoms with Gasteiger partial charge in [0.25, 0.3) is 0 Å². The second-order valence-electron chi connectivity index (χ2n) is 8.58. The fourth-order valence-electron chi connectivity index (χ4n) is 3.43. The Balaban J connectivity index is 1.56. The topological polar surface area (TPSA) is 112 Å². The van der Waals surface area contributed by atoms with Crippen LogP contribution in [-0.2, 0) is 4.74 Å². The van der Waals surface area contributed by atoms with Crippen LogP contribution >= 0.6 is 0 Å². The first-order valence-electron chi connectivity index (χ1n) is 10.6. The zero-order chi connectivity index (χ0) is 23.7. The van der Waals surface area contributed by atoms with Crippen LogP contribution < -0.4 is 5.32 Å². The molecule has 10 heteroatoms. The number of carbonyl (C=O) groups is 1. The van der Waals surface area contributed by atoms with Gasteiger partial charge in [-0.25, -0.2) is 14.5 Å². The van der Waals surface area contributed by atoms with E-state index in [4.69, 9.17) is 9.84 Å². The quantitative estimate of drug-likeness (QED) is 0.429. The van der Waals surface area contributed by atoms with Gasteiger partial charge >= 0.3 is 6.09 Å². The molecule has 1 N–H and O–H groups in total. The third-order valence-electron chi connectivity index (χ3n) is 4.84. The SMILES string of the molecule is CC(C)(C)OC(=O)Nc1cc(-c2cn(-c3ccc4nncn4n3)nc2-c2ccccc2)ccn1. The smallest absolute Gasteiger partial charge is 0.413 e. The molecule has 0 bridgehead atoms. The van der Waals surface area contributed by atoms with Crippen molar-refractivity contribution >= 4 is 17.6 Å². The van der Waals surface area contributed by atoms with E-state index in [1.807, 2.05) is 75.5 Å². The van der Waals surface area contributed by atoms with Crippen molar-refractivity contribution in [3.05, 3.63) is 73.3 Å². The fraction of sp³-hybridized carbons (Fsp3) is 0.167. The van der Waals surface area contributed by atoms with Crippen LogP contribution in [0.4, 0.5) is 10.6 Å². The van der Waals surface area contributed by atoms with E-state index in [0.717, 1.165) is 22.4 Å². The molecule has 0 spiro atoms. The highest BCUT2D eigenvalue weighted by Crippen LogP contribution is 2.32. The van der Waals surface area contributed by atoms with Crippen molar-refractivity contribution in [1.29, 1.82) is 0 Å². The Morgan fingerprint density at radius 2 is 1.82 bits per heavy atom. The maximum Gasteiger partial charge on any atom is 0.413 e. The zero-order valence-corrected chi connectivity index (χ0v) is 18.9. The van der Waals surface area contributed by atoms with E-state index in [1.165, 1.54) is 0 Å². The summed E-state index contributed by atoms with van der Waals surface area (Å²) in [6, 6.07) is 17.2. The van der Waals surface area contributed by atoms with Gasteiger partial charge in [0.2, 0.25) is 0 Å². The molecule has 10 nitrogen and oxygen atoms in total. The highest BCUT2D eigenvalue weighted by atomic mass is 16.6. The van der Waals surface area contributed by atoms with Crippen molar-refractivity contribution in [3.63, 3.8) is 0 Å². The average Bonchev–Trinajstić information content (AvgIpc) is 3.45. The number of benzene rings is 1. The number of anilines is 1. The van der Waals surface area contributed by atoms with Gasteiger partial charge in [0.15, 0.2) is 11.5 Å².